The number of benzene rings is 1. The zero-order valence-corrected chi connectivity index (χ0v) is 9.66. The zero-order valence-electron chi connectivity index (χ0n) is 9.66. The predicted molar refractivity (Wildman–Crippen MR) is 62.7 cm³/mol. The minimum absolute atomic E-state index is 0.0460. The van der Waals surface area contributed by atoms with Crippen molar-refractivity contribution in [3.8, 4) is 0 Å². The van der Waals surface area contributed by atoms with Crippen molar-refractivity contribution in [2.75, 3.05) is 20.6 Å². The smallest absolute Gasteiger partial charge is 0.243 e. The van der Waals surface area contributed by atoms with Gasteiger partial charge < -0.3 is 5.32 Å². The maximum atomic E-state index is 12.0. The van der Waals surface area contributed by atoms with Gasteiger partial charge >= 0.3 is 0 Å². The summed E-state index contributed by atoms with van der Waals surface area (Å²) < 4.78 is 0. The molecule has 1 unspecified atom stereocenters. The SMILES string of the molecule is CN(C)NC(=O)C1CNCc2ccccc21. The molecule has 4 nitrogen and oxygen atoms in total. The molecule has 1 aromatic rings. The highest BCUT2D eigenvalue weighted by atomic mass is 16.2. The molecule has 0 aliphatic carbocycles. The average molecular weight is 219 g/mol. The summed E-state index contributed by atoms with van der Waals surface area (Å²) in [5.41, 5.74) is 5.16. The second-order valence-corrected chi connectivity index (χ2v) is 4.25. The maximum absolute atomic E-state index is 12.0. The Labute approximate surface area is 95.6 Å². The van der Waals surface area contributed by atoms with Gasteiger partial charge in [0.15, 0.2) is 0 Å². The van der Waals surface area contributed by atoms with Gasteiger partial charge in [-0.15, -0.1) is 0 Å². The average Bonchev–Trinajstić information content (AvgIpc) is 2.27. The molecule has 1 heterocycles. The van der Waals surface area contributed by atoms with E-state index in [4.69, 9.17) is 0 Å². The van der Waals surface area contributed by atoms with Crippen molar-refractivity contribution in [2.24, 2.45) is 0 Å². The van der Waals surface area contributed by atoms with Crippen molar-refractivity contribution in [3.05, 3.63) is 35.4 Å². The van der Waals surface area contributed by atoms with Gasteiger partial charge in [-0.05, 0) is 11.1 Å². The number of nitrogens with zero attached hydrogens (tertiary/aromatic N) is 1. The van der Waals surface area contributed by atoms with Crippen molar-refractivity contribution in [3.63, 3.8) is 0 Å². The van der Waals surface area contributed by atoms with Gasteiger partial charge in [0, 0.05) is 27.2 Å². The molecular formula is C12H17N3O. The molecule has 2 rings (SSSR count). The standard InChI is InChI=1S/C12H17N3O/c1-15(2)14-12(16)11-8-13-7-9-5-3-4-6-10(9)11/h3-6,11,13H,7-8H2,1-2H3,(H,14,16). The van der Waals surface area contributed by atoms with Crippen LogP contribution in [0.15, 0.2) is 24.3 Å². The number of rotatable bonds is 2. The van der Waals surface area contributed by atoms with Gasteiger partial charge in [-0.2, -0.15) is 0 Å². The normalized spacial score (nSPS) is 19.3. The molecule has 0 aromatic heterocycles. The summed E-state index contributed by atoms with van der Waals surface area (Å²) >= 11 is 0. The van der Waals surface area contributed by atoms with Crippen LogP contribution < -0.4 is 10.7 Å². The summed E-state index contributed by atoms with van der Waals surface area (Å²) in [5, 5.41) is 4.95. The maximum Gasteiger partial charge on any atom is 0.243 e. The molecule has 0 spiro atoms. The van der Waals surface area contributed by atoms with Gasteiger partial charge in [-0.1, -0.05) is 24.3 Å². The first-order valence-electron chi connectivity index (χ1n) is 5.45. The van der Waals surface area contributed by atoms with E-state index in [2.05, 4.69) is 16.8 Å². The fraction of sp³-hybridized carbons (Fsp3) is 0.417. The Hall–Kier alpha value is -1.39. The van der Waals surface area contributed by atoms with E-state index in [1.54, 1.807) is 5.01 Å². The monoisotopic (exact) mass is 219 g/mol. The van der Waals surface area contributed by atoms with Crippen molar-refractivity contribution in [1.29, 1.82) is 0 Å². The number of hydrogen-bond donors (Lipinski definition) is 2. The molecule has 0 bridgehead atoms. The molecule has 0 fully saturated rings. The number of carbonyl (C=O) groups excluding carboxylic acids is 1. The van der Waals surface area contributed by atoms with E-state index in [0.717, 1.165) is 12.1 Å². The van der Waals surface area contributed by atoms with Crippen molar-refractivity contribution in [2.45, 2.75) is 12.5 Å². The summed E-state index contributed by atoms with van der Waals surface area (Å²) in [7, 11) is 3.64. The zero-order chi connectivity index (χ0) is 11.5. The van der Waals surface area contributed by atoms with Crippen LogP contribution in [-0.2, 0) is 11.3 Å². The first-order valence-corrected chi connectivity index (χ1v) is 5.45. The van der Waals surface area contributed by atoms with E-state index >= 15 is 0 Å². The molecule has 1 aromatic carbocycles. The minimum Gasteiger partial charge on any atom is -0.312 e. The Morgan fingerprint density at radius 1 is 1.44 bits per heavy atom. The van der Waals surface area contributed by atoms with Gasteiger partial charge in [0.25, 0.3) is 0 Å². The van der Waals surface area contributed by atoms with Crippen LogP contribution in [-0.4, -0.2) is 31.6 Å². The molecule has 1 aliphatic rings. The third-order valence-corrected chi connectivity index (χ3v) is 2.74. The largest absolute Gasteiger partial charge is 0.312 e. The van der Waals surface area contributed by atoms with Crippen LogP contribution in [0.1, 0.15) is 17.0 Å². The highest BCUT2D eigenvalue weighted by molar-refractivity contribution is 5.84. The van der Waals surface area contributed by atoms with Crippen molar-refractivity contribution in [1.82, 2.24) is 15.8 Å². The molecule has 16 heavy (non-hydrogen) atoms. The third-order valence-electron chi connectivity index (χ3n) is 2.74. The number of carbonyl (C=O) groups is 1. The van der Waals surface area contributed by atoms with Crippen LogP contribution >= 0.6 is 0 Å². The van der Waals surface area contributed by atoms with Crippen LogP contribution in [0.3, 0.4) is 0 Å². The van der Waals surface area contributed by atoms with Crippen molar-refractivity contribution < 1.29 is 4.79 Å². The molecule has 86 valence electrons. The van der Waals surface area contributed by atoms with Gasteiger partial charge in [0.1, 0.15) is 0 Å². The Kier molecular flexibility index (Phi) is 3.22. The van der Waals surface area contributed by atoms with Crippen LogP contribution in [0.4, 0.5) is 0 Å². The summed E-state index contributed by atoms with van der Waals surface area (Å²) in [6.07, 6.45) is 0. The second kappa shape index (κ2) is 4.63. The molecule has 0 radical (unpaired) electrons. The van der Waals surface area contributed by atoms with E-state index in [-0.39, 0.29) is 11.8 Å². The number of hydrogen-bond acceptors (Lipinski definition) is 3. The number of fused-ring (bicyclic) bond motifs is 1. The fourth-order valence-corrected chi connectivity index (χ4v) is 2.03. The van der Waals surface area contributed by atoms with E-state index in [9.17, 15) is 4.79 Å². The lowest BCUT2D eigenvalue weighted by atomic mass is 9.90. The highest BCUT2D eigenvalue weighted by Gasteiger charge is 2.25. The first kappa shape index (κ1) is 11.1. The Morgan fingerprint density at radius 3 is 2.94 bits per heavy atom. The van der Waals surface area contributed by atoms with E-state index in [0.29, 0.717) is 6.54 Å². The summed E-state index contributed by atoms with van der Waals surface area (Å²) in [5.74, 6) is -0.0444. The molecule has 0 saturated carbocycles. The molecule has 1 amide bonds. The number of nitrogens with one attached hydrogen (secondary N) is 2. The van der Waals surface area contributed by atoms with Crippen LogP contribution in [0.25, 0.3) is 0 Å². The Balaban J connectivity index is 2.21. The van der Waals surface area contributed by atoms with Crippen LogP contribution in [0.2, 0.25) is 0 Å². The lowest BCUT2D eigenvalue weighted by Gasteiger charge is -2.26. The van der Waals surface area contributed by atoms with E-state index in [1.165, 1.54) is 5.56 Å². The quantitative estimate of drug-likeness (QED) is 0.711. The molecular weight excluding hydrogens is 202 g/mol. The summed E-state index contributed by atoms with van der Waals surface area (Å²) in [6, 6.07) is 8.10. The minimum atomic E-state index is -0.0904. The molecule has 4 heteroatoms. The summed E-state index contributed by atoms with van der Waals surface area (Å²) in [6.45, 7) is 1.55. The fourth-order valence-electron chi connectivity index (χ4n) is 2.03. The predicted octanol–water partition coefficient (Wildman–Crippen LogP) is 0.466. The van der Waals surface area contributed by atoms with E-state index < -0.39 is 0 Å². The number of amides is 1. The Bertz CT molecular complexity index is 390. The van der Waals surface area contributed by atoms with Crippen LogP contribution in [0, 0.1) is 0 Å². The highest BCUT2D eigenvalue weighted by Crippen LogP contribution is 2.23. The van der Waals surface area contributed by atoms with Gasteiger partial charge in [0.2, 0.25) is 5.91 Å². The molecule has 2 N–H and O–H groups in total. The summed E-state index contributed by atoms with van der Waals surface area (Å²) in [4.78, 5) is 12.0. The van der Waals surface area contributed by atoms with Crippen molar-refractivity contribution >= 4 is 5.91 Å². The van der Waals surface area contributed by atoms with Gasteiger partial charge in [-0.25, -0.2) is 5.01 Å². The topological polar surface area (TPSA) is 44.4 Å². The van der Waals surface area contributed by atoms with Crippen LogP contribution in [0.5, 0.6) is 0 Å². The van der Waals surface area contributed by atoms with Gasteiger partial charge in [-0.3, -0.25) is 10.2 Å². The second-order valence-electron chi connectivity index (χ2n) is 4.25. The lowest BCUT2D eigenvalue weighted by Crippen LogP contribution is -2.44. The third kappa shape index (κ3) is 2.23. The molecule has 1 aliphatic heterocycles. The molecule has 1 atom stereocenters. The Morgan fingerprint density at radius 2 is 2.19 bits per heavy atom. The number of hydrazine groups is 1. The lowest BCUT2D eigenvalue weighted by molar-refractivity contribution is -0.126. The van der Waals surface area contributed by atoms with E-state index in [1.807, 2.05) is 32.3 Å². The van der Waals surface area contributed by atoms with Gasteiger partial charge in [0.05, 0.1) is 5.92 Å². The first-order chi connectivity index (χ1) is 7.68. The molecule has 0 saturated heterocycles.